The number of rotatable bonds is 11. The maximum absolute atomic E-state index is 13.2. The molecule has 36 heavy (non-hydrogen) atoms. The molecule has 0 spiro atoms. The van der Waals surface area contributed by atoms with Gasteiger partial charge in [-0.25, -0.2) is 4.79 Å². The van der Waals surface area contributed by atoms with Crippen molar-refractivity contribution in [1.82, 2.24) is 10.6 Å². The second-order valence-electron chi connectivity index (χ2n) is 8.35. The number of benzene rings is 3. The quantitative estimate of drug-likeness (QED) is 0.106. The van der Waals surface area contributed by atoms with E-state index in [1.165, 1.54) is 6.92 Å². The molecule has 9 heteroatoms. The predicted octanol–water partition coefficient (Wildman–Crippen LogP) is 2.03. The lowest BCUT2D eigenvalue weighted by Gasteiger charge is -2.22. The van der Waals surface area contributed by atoms with E-state index in [1.54, 1.807) is 12.1 Å². The third-order valence-corrected chi connectivity index (χ3v) is 5.48. The number of nitrogens with zero attached hydrogens (tertiary/aromatic N) is 1. The van der Waals surface area contributed by atoms with Gasteiger partial charge in [0.1, 0.15) is 17.8 Å². The molecule has 0 aliphatic rings. The summed E-state index contributed by atoms with van der Waals surface area (Å²) in [4.78, 5) is 42.1. The monoisotopic (exact) mass is 489 g/mol. The Kier molecular flexibility index (Phi) is 9.39. The average molecular weight is 490 g/mol. The maximum Gasteiger partial charge on any atom is 0.334 e. The molecule has 0 saturated carbocycles. The first kappa shape index (κ1) is 26.2. The van der Waals surface area contributed by atoms with Gasteiger partial charge in [-0.1, -0.05) is 66.7 Å². The summed E-state index contributed by atoms with van der Waals surface area (Å²) in [5, 5.41) is 7.13. The first-order valence-electron chi connectivity index (χ1n) is 11.7. The summed E-state index contributed by atoms with van der Waals surface area (Å²) in [5.74, 6) is -1.12. The van der Waals surface area contributed by atoms with E-state index in [1.807, 2.05) is 60.7 Å². The molecular formula is C27H31N5O4. The van der Waals surface area contributed by atoms with E-state index in [4.69, 9.17) is 16.2 Å². The van der Waals surface area contributed by atoms with Crippen LogP contribution in [0.1, 0.15) is 25.3 Å². The topological polar surface area (TPSA) is 149 Å². The Morgan fingerprint density at radius 3 is 2.31 bits per heavy atom. The highest BCUT2D eigenvalue weighted by Crippen LogP contribution is 2.25. The van der Waals surface area contributed by atoms with Gasteiger partial charge in [-0.3, -0.25) is 14.6 Å². The van der Waals surface area contributed by atoms with Crippen molar-refractivity contribution in [3.8, 4) is 5.75 Å². The van der Waals surface area contributed by atoms with Gasteiger partial charge in [0.2, 0.25) is 11.8 Å². The number of carbonyl (C=O) groups is 3. The zero-order chi connectivity index (χ0) is 25.9. The highest BCUT2D eigenvalue weighted by Gasteiger charge is 2.28. The van der Waals surface area contributed by atoms with Crippen molar-refractivity contribution in [2.45, 2.75) is 38.3 Å². The number of nitrogens with one attached hydrogen (secondary N) is 2. The van der Waals surface area contributed by atoms with Crippen LogP contribution in [0, 0.1) is 0 Å². The first-order chi connectivity index (χ1) is 17.3. The molecule has 0 aromatic heterocycles. The van der Waals surface area contributed by atoms with Gasteiger partial charge in [0.15, 0.2) is 5.96 Å². The minimum atomic E-state index is -0.974. The Labute approximate surface area is 209 Å². The van der Waals surface area contributed by atoms with Gasteiger partial charge in [-0.15, -0.1) is 0 Å². The van der Waals surface area contributed by atoms with Crippen molar-refractivity contribution < 1.29 is 19.1 Å². The maximum atomic E-state index is 13.2. The zero-order valence-electron chi connectivity index (χ0n) is 20.1. The van der Waals surface area contributed by atoms with Crippen molar-refractivity contribution in [1.29, 1.82) is 0 Å². The fraction of sp³-hybridized carbons (Fsp3) is 0.259. The summed E-state index contributed by atoms with van der Waals surface area (Å²) < 4.78 is 5.72. The Balaban J connectivity index is 1.78. The SMILES string of the molecule is CC(=O)N[C@@H](Cc1ccccc1)C(=O)N[C@@H](CCCN=C(N)N)C(=O)Oc1cccc2ccccc12. The molecular weight excluding hydrogens is 458 g/mol. The lowest BCUT2D eigenvalue weighted by Crippen LogP contribution is -2.52. The third kappa shape index (κ3) is 7.83. The minimum Gasteiger partial charge on any atom is -0.424 e. The van der Waals surface area contributed by atoms with Crippen molar-refractivity contribution in [3.05, 3.63) is 78.4 Å². The summed E-state index contributed by atoms with van der Waals surface area (Å²) >= 11 is 0. The van der Waals surface area contributed by atoms with Crippen LogP contribution in [0.4, 0.5) is 0 Å². The lowest BCUT2D eigenvalue weighted by molar-refractivity contribution is -0.140. The van der Waals surface area contributed by atoms with E-state index in [-0.39, 0.29) is 31.3 Å². The molecule has 3 aromatic carbocycles. The average Bonchev–Trinajstić information content (AvgIpc) is 2.85. The van der Waals surface area contributed by atoms with Crippen LogP contribution in [0.25, 0.3) is 10.8 Å². The molecule has 188 valence electrons. The van der Waals surface area contributed by atoms with Gasteiger partial charge >= 0.3 is 5.97 Å². The van der Waals surface area contributed by atoms with Crippen molar-refractivity contribution in [3.63, 3.8) is 0 Å². The number of esters is 1. The molecule has 0 heterocycles. The number of guanidine groups is 1. The number of nitrogens with two attached hydrogens (primary N) is 2. The van der Waals surface area contributed by atoms with Gasteiger partial charge in [-0.2, -0.15) is 0 Å². The number of hydrogen-bond acceptors (Lipinski definition) is 5. The summed E-state index contributed by atoms with van der Waals surface area (Å²) in [7, 11) is 0. The third-order valence-electron chi connectivity index (χ3n) is 5.48. The van der Waals surface area contributed by atoms with Crippen molar-refractivity contribution in [2.24, 2.45) is 16.5 Å². The number of fused-ring (bicyclic) bond motifs is 1. The lowest BCUT2D eigenvalue weighted by atomic mass is 10.0. The second kappa shape index (κ2) is 12.9. The van der Waals surface area contributed by atoms with E-state index >= 15 is 0 Å². The number of hydrogen-bond donors (Lipinski definition) is 4. The van der Waals surface area contributed by atoms with Crippen LogP contribution in [-0.4, -0.2) is 42.4 Å². The fourth-order valence-corrected chi connectivity index (χ4v) is 3.79. The zero-order valence-corrected chi connectivity index (χ0v) is 20.1. The normalized spacial score (nSPS) is 12.2. The molecule has 0 saturated heterocycles. The molecule has 0 bridgehead atoms. The predicted molar refractivity (Wildman–Crippen MR) is 139 cm³/mol. The number of ether oxygens (including phenoxy) is 1. The Morgan fingerprint density at radius 1 is 0.889 bits per heavy atom. The molecule has 0 unspecified atom stereocenters. The van der Waals surface area contributed by atoms with Crippen LogP contribution < -0.4 is 26.8 Å². The van der Waals surface area contributed by atoms with Gasteiger partial charge in [0.25, 0.3) is 0 Å². The molecule has 0 aliphatic heterocycles. The van der Waals surface area contributed by atoms with Crippen molar-refractivity contribution in [2.75, 3.05) is 6.54 Å². The molecule has 2 atom stereocenters. The Morgan fingerprint density at radius 2 is 1.58 bits per heavy atom. The van der Waals surface area contributed by atoms with Crippen molar-refractivity contribution >= 4 is 34.5 Å². The van der Waals surface area contributed by atoms with Crippen LogP contribution in [0.3, 0.4) is 0 Å². The van der Waals surface area contributed by atoms with Gasteiger partial charge in [0.05, 0.1) is 0 Å². The standard InChI is InChI=1S/C27H31N5O4/c1-18(33)31-23(17-19-9-3-2-4-10-19)25(34)32-22(14-8-16-30-27(28)29)26(35)36-24-15-7-12-20-11-5-6-13-21(20)24/h2-7,9-13,15,22-23H,8,14,16-17H2,1H3,(H,31,33)(H,32,34)(H4,28,29,30)/t22-,23-/m0/s1. The first-order valence-corrected chi connectivity index (χ1v) is 11.7. The van der Waals surface area contributed by atoms with Crippen LogP contribution in [0.5, 0.6) is 5.75 Å². The fourth-order valence-electron chi connectivity index (χ4n) is 3.79. The molecule has 0 aliphatic carbocycles. The van der Waals surface area contributed by atoms with Crippen LogP contribution in [0.15, 0.2) is 77.8 Å². The smallest absolute Gasteiger partial charge is 0.334 e. The van der Waals surface area contributed by atoms with Crippen LogP contribution >= 0.6 is 0 Å². The van der Waals surface area contributed by atoms with Crippen LogP contribution in [0.2, 0.25) is 0 Å². The summed E-state index contributed by atoms with van der Waals surface area (Å²) in [6, 6.07) is 20.4. The molecule has 3 aromatic rings. The molecule has 9 nitrogen and oxygen atoms in total. The van der Waals surface area contributed by atoms with E-state index in [0.717, 1.165) is 16.3 Å². The molecule has 0 radical (unpaired) electrons. The molecule has 6 N–H and O–H groups in total. The number of amides is 2. The molecule has 0 fully saturated rings. The van der Waals surface area contributed by atoms with Crippen LogP contribution in [-0.2, 0) is 20.8 Å². The highest BCUT2D eigenvalue weighted by atomic mass is 16.5. The van der Waals surface area contributed by atoms with E-state index in [9.17, 15) is 14.4 Å². The van der Waals surface area contributed by atoms with Gasteiger partial charge in [0, 0.05) is 25.3 Å². The van der Waals surface area contributed by atoms with E-state index in [2.05, 4.69) is 15.6 Å². The minimum absolute atomic E-state index is 0.0532. The Bertz CT molecular complexity index is 1220. The Hall–Kier alpha value is -4.40. The highest BCUT2D eigenvalue weighted by molar-refractivity contribution is 5.93. The van der Waals surface area contributed by atoms with E-state index in [0.29, 0.717) is 12.2 Å². The molecule has 2 amide bonds. The summed E-state index contributed by atoms with van der Waals surface area (Å²) in [6.45, 7) is 1.63. The largest absolute Gasteiger partial charge is 0.424 e. The van der Waals surface area contributed by atoms with Gasteiger partial charge < -0.3 is 26.8 Å². The number of carbonyl (C=O) groups excluding carboxylic acids is 3. The summed E-state index contributed by atoms with van der Waals surface area (Å²) in [6.07, 6.45) is 0.937. The second-order valence-corrected chi connectivity index (χ2v) is 8.35. The number of aliphatic imine (C=N–C) groups is 1. The molecule has 3 rings (SSSR count). The summed E-state index contributed by atoms with van der Waals surface area (Å²) in [5.41, 5.74) is 11.7. The van der Waals surface area contributed by atoms with Gasteiger partial charge in [-0.05, 0) is 29.9 Å². The van der Waals surface area contributed by atoms with E-state index < -0.39 is 24.0 Å².